The number of pyridine rings is 1. The summed E-state index contributed by atoms with van der Waals surface area (Å²) >= 11 is 0. The number of halogens is 2. The molecule has 0 aliphatic heterocycles. The highest BCUT2D eigenvalue weighted by atomic mass is 19.2. The lowest BCUT2D eigenvalue weighted by atomic mass is 9.73. The number of hydrogen-bond acceptors (Lipinski definition) is 2. The third kappa shape index (κ3) is 1.37. The van der Waals surface area contributed by atoms with Crippen molar-refractivity contribution in [1.29, 1.82) is 0 Å². The first-order valence-corrected chi connectivity index (χ1v) is 6.41. The summed E-state index contributed by atoms with van der Waals surface area (Å²) in [6, 6.07) is 2.28. The van der Waals surface area contributed by atoms with Gasteiger partial charge in [-0.05, 0) is 18.9 Å². The molecule has 2 bridgehead atoms. The van der Waals surface area contributed by atoms with E-state index in [4.69, 9.17) is 5.73 Å². The number of rotatable bonds is 0. The van der Waals surface area contributed by atoms with Crippen molar-refractivity contribution < 1.29 is 8.78 Å². The lowest BCUT2D eigenvalue weighted by Crippen LogP contribution is -2.20. The molecule has 2 atom stereocenters. The van der Waals surface area contributed by atoms with Crippen LogP contribution in [0, 0.1) is 11.6 Å². The average molecular weight is 258 g/mol. The fourth-order valence-electron chi connectivity index (χ4n) is 3.28. The van der Waals surface area contributed by atoms with Crippen LogP contribution in [0.3, 0.4) is 0 Å². The number of aromatic nitrogens is 1. The highest BCUT2D eigenvalue weighted by Crippen LogP contribution is 2.48. The van der Waals surface area contributed by atoms with Crippen molar-refractivity contribution >= 4 is 16.6 Å². The van der Waals surface area contributed by atoms with E-state index in [0.29, 0.717) is 16.6 Å². The van der Waals surface area contributed by atoms with E-state index < -0.39 is 11.6 Å². The maximum atomic E-state index is 13.4. The minimum atomic E-state index is -0.879. The first kappa shape index (κ1) is 10.9. The van der Waals surface area contributed by atoms with Crippen LogP contribution in [0.1, 0.15) is 35.9 Å². The smallest absolute Gasteiger partial charge is 0.161 e. The highest BCUT2D eigenvalue weighted by Gasteiger charge is 2.32. The van der Waals surface area contributed by atoms with E-state index in [-0.39, 0.29) is 11.8 Å². The van der Waals surface area contributed by atoms with Gasteiger partial charge in [-0.15, -0.1) is 0 Å². The van der Waals surface area contributed by atoms with Crippen LogP contribution in [-0.2, 0) is 0 Å². The van der Waals surface area contributed by atoms with E-state index >= 15 is 0 Å². The molecule has 1 aromatic carbocycles. The Morgan fingerprint density at radius 3 is 2.47 bits per heavy atom. The van der Waals surface area contributed by atoms with E-state index in [9.17, 15) is 8.78 Å². The Labute approximate surface area is 108 Å². The fourth-order valence-corrected chi connectivity index (χ4v) is 3.28. The van der Waals surface area contributed by atoms with Gasteiger partial charge >= 0.3 is 0 Å². The number of nitrogens with two attached hydrogens (primary N) is 1. The van der Waals surface area contributed by atoms with E-state index in [2.05, 4.69) is 17.1 Å². The van der Waals surface area contributed by atoms with Gasteiger partial charge in [-0.2, -0.15) is 0 Å². The monoisotopic (exact) mass is 258 g/mol. The summed E-state index contributed by atoms with van der Waals surface area (Å²) in [4.78, 5) is 4.52. The zero-order valence-electron chi connectivity index (χ0n) is 10.2. The van der Waals surface area contributed by atoms with Crippen LogP contribution in [0.5, 0.6) is 0 Å². The molecule has 2 N–H and O–H groups in total. The predicted octanol–water partition coefficient (Wildman–Crippen LogP) is 3.63. The molecule has 0 radical (unpaired) electrons. The Balaban J connectivity index is 2.10. The van der Waals surface area contributed by atoms with Crippen molar-refractivity contribution in [3.63, 3.8) is 0 Å². The second-order valence-corrected chi connectivity index (χ2v) is 5.28. The van der Waals surface area contributed by atoms with Crippen LogP contribution in [0.2, 0.25) is 0 Å². The number of nitrogen functional groups attached to an aromatic ring is 1. The number of nitrogens with zero attached hydrogens (tertiary/aromatic N) is 1. The van der Waals surface area contributed by atoms with E-state index in [0.717, 1.165) is 36.2 Å². The van der Waals surface area contributed by atoms with Gasteiger partial charge in [0.25, 0.3) is 0 Å². The molecule has 3 aliphatic rings. The summed E-state index contributed by atoms with van der Waals surface area (Å²) < 4.78 is 26.7. The Kier molecular flexibility index (Phi) is 2.03. The number of fused-ring (bicyclic) bond motifs is 2. The van der Waals surface area contributed by atoms with Crippen LogP contribution in [0.15, 0.2) is 24.3 Å². The summed E-state index contributed by atoms with van der Waals surface area (Å²) in [6.45, 7) is 0. The van der Waals surface area contributed by atoms with Crippen molar-refractivity contribution in [1.82, 2.24) is 4.98 Å². The van der Waals surface area contributed by atoms with Crippen molar-refractivity contribution in [2.75, 3.05) is 5.73 Å². The molecule has 2 nitrogen and oxygen atoms in total. The molecule has 2 aromatic rings. The van der Waals surface area contributed by atoms with Gasteiger partial charge in [0.2, 0.25) is 0 Å². The topological polar surface area (TPSA) is 38.9 Å². The molecule has 0 saturated heterocycles. The molecule has 0 saturated carbocycles. The average Bonchev–Trinajstić information content (AvgIpc) is 2.42. The second-order valence-electron chi connectivity index (χ2n) is 5.28. The van der Waals surface area contributed by atoms with Gasteiger partial charge in [0.15, 0.2) is 11.6 Å². The number of anilines is 1. The molecule has 1 heterocycles. The molecule has 1 aromatic heterocycles. The second kappa shape index (κ2) is 3.53. The lowest BCUT2D eigenvalue weighted by molar-refractivity contribution is 0.510. The first-order chi connectivity index (χ1) is 9.15. The summed E-state index contributed by atoms with van der Waals surface area (Å²) in [7, 11) is 0. The Hall–Kier alpha value is -1.97. The number of hydrogen-bond donors (Lipinski definition) is 1. The van der Waals surface area contributed by atoms with Crippen LogP contribution in [-0.4, -0.2) is 4.98 Å². The van der Waals surface area contributed by atoms with Crippen LogP contribution < -0.4 is 5.73 Å². The molecule has 19 heavy (non-hydrogen) atoms. The van der Waals surface area contributed by atoms with E-state index in [1.807, 2.05) is 0 Å². The molecule has 3 aliphatic carbocycles. The quantitative estimate of drug-likeness (QED) is 0.733. The van der Waals surface area contributed by atoms with Crippen molar-refractivity contribution in [3.8, 4) is 0 Å². The normalized spacial score (nSPS) is 23.9. The predicted molar refractivity (Wildman–Crippen MR) is 69.9 cm³/mol. The van der Waals surface area contributed by atoms with Gasteiger partial charge in [0.05, 0.1) is 11.2 Å². The SMILES string of the molecule is Nc1c2c(nc3cc(F)c(F)cc13)C1C=CC2CC1. The van der Waals surface area contributed by atoms with Gasteiger partial charge in [-0.25, -0.2) is 8.78 Å². The van der Waals surface area contributed by atoms with Crippen molar-refractivity contribution in [2.45, 2.75) is 24.7 Å². The van der Waals surface area contributed by atoms with E-state index in [1.165, 1.54) is 0 Å². The molecule has 0 fully saturated rings. The number of allylic oxidation sites excluding steroid dienone is 2. The third-order valence-electron chi connectivity index (χ3n) is 4.22. The Bertz CT molecular complexity index is 737. The zero-order valence-corrected chi connectivity index (χ0v) is 10.2. The van der Waals surface area contributed by atoms with Crippen LogP contribution in [0.4, 0.5) is 14.5 Å². The zero-order chi connectivity index (χ0) is 13.1. The third-order valence-corrected chi connectivity index (χ3v) is 4.22. The summed E-state index contributed by atoms with van der Waals surface area (Å²) in [5.74, 6) is -1.22. The minimum absolute atomic E-state index is 0.264. The lowest BCUT2D eigenvalue weighted by Gasteiger charge is -2.33. The molecule has 0 spiro atoms. The molecule has 4 heteroatoms. The van der Waals surface area contributed by atoms with E-state index in [1.54, 1.807) is 0 Å². The van der Waals surface area contributed by atoms with Gasteiger partial charge < -0.3 is 5.73 Å². The first-order valence-electron chi connectivity index (χ1n) is 6.41. The van der Waals surface area contributed by atoms with Crippen molar-refractivity contribution in [2.24, 2.45) is 0 Å². The maximum Gasteiger partial charge on any atom is 0.161 e. The standard InChI is InChI=1S/C15H12F2N2/c16-10-5-9-12(6-11(10)17)19-15-8-3-1-7(2-4-8)13(15)14(9)18/h1,3,5-8H,2,4H2,(H2,18,19). The summed E-state index contributed by atoms with van der Waals surface area (Å²) in [5, 5.41) is 0.513. The minimum Gasteiger partial charge on any atom is -0.398 e. The van der Waals surface area contributed by atoms with Gasteiger partial charge in [0.1, 0.15) is 0 Å². The van der Waals surface area contributed by atoms with Gasteiger partial charge in [-0.1, -0.05) is 12.2 Å². The highest BCUT2D eigenvalue weighted by molar-refractivity contribution is 5.93. The molecule has 2 unspecified atom stereocenters. The molecular formula is C15H12F2N2. The number of benzene rings is 1. The van der Waals surface area contributed by atoms with Gasteiger partial charge in [0, 0.05) is 34.5 Å². The summed E-state index contributed by atoms with van der Waals surface area (Å²) in [6.07, 6.45) is 6.40. The fraction of sp³-hybridized carbons (Fsp3) is 0.267. The van der Waals surface area contributed by atoms with Gasteiger partial charge in [-0.3, -0.25) is 4.98 Å². The van der Waals surface area contributed by atoms with Crippen LogP contribution >= 0.6 is 0 Å². The largest absolute Gasteiger partial charge is 0.398 e. The summed E-state index contributed by atoms with van der Waals surface area (Å²) in [5.41, 5.74) is 9.13. The molecule has 0 amide bonds. The van der Waals surface area contributed by atoms with Crippen LogP contribution in [0.25, 0.3) is 10.9 Å². The Morgan fingerprint density at radius 2 is 1.74 bits per heavy atom. The molecule has 96 valence electrons. The molecular weight excluding hydrogens is 246 g/mol. The van der Waals surface area contributed by atoms with Crippen molar-refractivity contribution in [3.05, 3.63) is 47.2 Å². The Morgan fingerprint density at radius 1 is 1.05 bits per heavy atom. The maximum absolute atomic E-state index is 13.4. The molecule has 5 rings (SSSR count).